The molecule has 2 rings (SSSR count). The van der Waals surface area contributed by atoms with Gasteiger partial charge in [0, 0.05) is 0 Å². The second-order valence-electron chi connectivity index (χ2n) is 3.88. The van der Waals surface area contributed by atoms with Gasteiger partial charge >= 0.3 is 0 Å². The van der Waals surface area contributed by atoms with Crippen LogP contribution in [0.1, 0.15) is 21.6 Å². The van der Waals surface area contributed by atoms with E-state index in [1.54, 1.807) is 11.6 Å². The molecule has 0 aliphatic rings. The van der Waals surface area contributed by atoms with E-state index in [0.717, 1.165) is 17.5 Å². The Balaban J connectivity index is 2.63. The van der Waals surface area contributed by atoms with E-state index in [-0.39, 0.29) is 0 Å². The van der Waals surface area contributed by atoms with E-state index in [9.17, 15) is 4.79 Å². The van der Waals surface area contributed by atoms with Gasteiger partial charge in [-0.05, 0) is 31.5 Å². The first-order chi connectivity index (χ1) is 8.17. The third-order valence-corrected chi connectivity index (χ3v) is 2.62. The zero-order chi connectivity index (χ0) is 12.4. The van der Waals surface area contributed by atoms with Crippen molar-refractivity contribution in [3.63, 3.8) is 0 Å². The number of nitrogens with zero attached hydrogens (tertiary/aromatic N) is 2. The molecule has 0 amide bonds. The normalized spacial score (nSPS) is 10.3. The lowest BCUT2D eigenvalue weighted by atomic mass is 10.2. The molecule has 4 heteroatoms. The van der Waals surface area contributed by atoms with Gasteiger partial charge in [-0.3, -0.25) is 4.79 Å². The van der Waals surface area contributed by atoms with Crippen LogP contribution >= 0.6 is 0 Å². The van der Waals surface area contributed by atoms with Gasteiger partial charge in [0.2, 0.25) is 5.88 Å². The summed E-state index contributed by atoms with van der Waals surface area (Å²) in [5.74, 6) is 0.475. The lowest BCUT2D eigenvalue weighted by Crippen LogP contribution is -2.00. The molecule has 0 saturated heterocycles. The van der Waals surface area contributed by atoms with Gasteiger partial charge in [-0.2, -0.15) is 5.10 Å². The second-order valence-corrected chi connectivity index (χ2v) is 3.88. The number of aromatic nitrogens is 2. The molecule has 0 bridgehead atoms. The van der Waals surface area contributed by atoms with Gasteiger partial charge in [-0.25, -0.2) is 4.68 Å². The van der Waals surface area contributed by atoms with Crippen LogP contribution in [0.2, 0.25) is 0 Å². The highest BCUT2D eigenvalue weighted by Crippen LogP contribution is 2.24. The summed E-state index contributed by atoms with van der Waals surface area (Å²) < 4.78 is 6.90. The number of hydrogen-bond donors (Lipinski definition) is 0. The summed E-state index contributed by atoms with van der Waals surface area (Å²) in [5.41, 5.74) is 3.18. The Labute approximate surface area is 99.8 Å². The Hall–Kier alpha value is -2.10. The van der Waals surface area contributed by atoms with E-state index in [4.69, 9.17) is 4.74 Å². The fraction of sp³-hybridized carbons (Fsp3) is 0.231. The first-order valence-electron chi connectivity index (χ1n) is 5.33. The van der Waals surface area contributed by atoms with E-state index < -0.39 is 0 Å². The summed E-state index contributed by atoms with van der Waals surface area (Å²) in [6.45, 7) is 3.80. The number of methoxy groups -OCH3 is 1. The highest BCUT2D eigenvalue weighted by Gasteiger charge is 2.16. The van der Waals surface area contributed by atoms with Crippen LogP contribution in [-0.2, 0) is 0 Å². The van der Waals surface area contributed by atoms with Crippen LogP contribution in [0, 0.1) is 13.8 Å². The number of carbonyl (C=O) groups is 1. The summed E-state index contributed by atoms with van der Waals surface area (Å²) in [5, 5.41) is 4.32. The van der Waals surface area contributed by atoms with Crippen molar-refractivity contribution in [3.05, 3.63) is 41.1 Å². The molecule has 0 aliphatic heterocycles. The summed E-state index contributed by atoms with van der Waals surface area (Å²) in [6, 6.07) is 7.87. The summed E-state index contributed by atoms with van der Waals surface area (Å²) >= 11 is 0. The number of hydrogen-bond acceptors (Lipinski definition) is 3. The van der Waals surface area contributed by atoms with E-state index >= 15 is 0 Å². The van der Waals surface area contributed by atoms with Crippen molar-refractivity contribution >= 4 is 6.29 Å². The predicted molar refractivity (Wildman–Crippen MR) is 65.0 cm³/mol. The first kappa shape index (κ1) is 11.4. The fourth-order valence-corrected chi connectivity index (χ4v) is 1.78. The number of carbonyl (C=O) groups excluding carboxylic acids is 1. The Morgan fingerprint density at radius 3 is 2.71 bits per heavy atom. The Morgan fingerprint density at radius 2 is 2.12 bits per heavy atom. The van der Waals surface area contributed by atoms with Crippen LogP contribution in [0.25, 0.3) is 5.69 Å². The molecule has 17 heavy (non-hydrogen) atoms. The van der Waals surface area contributed by atoms with Gasteiger partial charge in [0.1, 0.15) is 0 Å². The minimum Gasteiger partial charge on any atom is -0.480 e. The van der Waals surface area contributed by atoms with Crippen LogP contribution in [0.15, 0.2) is 24.3 Å². The smallest absolute Gasteiger partial charge is 0.227 e. The van der Waals surface area contributed by atoms with Crippen molar-refractivity contribution in [2.75, 3.05) is 7.11 Å². The minimum absolute atomic E-state index is 0.475. The minimum atomic E-state index is 0.475. The maximum atomic E-state index is 11.0. The van der Waals surface area contributed by atoms with Crippen molar-refractivity contribution in [1.29, 1.82) is 0 Å². The molecule has 2 aromatic rings. The lowest BCUT2D eigenvalue weighted by molar-refractivity contribution is 0.112. The molecule has 1 aromatic carbocycles. The van der Waals surface area contributed by atoms with E-state index in [1.807, 2.05) is 31.2 Å². The van der Waals surface area contributed by atoms with Gasteiger partial charge in [-0.1, -0.05) is 12.1 Å². The maximum absolute atomic E-state index is 11.0. The average molecular weight is 230 g/mol. The summed E-state index contributed by atoms with van der Waals surface area (Å²) in [4.78, 5) is 11.0. The van der Waals surface area contributed by atoms with E-state index in [2.05, 4.69) is 5.10 Å². The molecule has 4 nitrogen and oxygen atoms in total. The lowest BCUT2D eigenvalue weighted by Gasteiger charge is -2.06. The molecule has 0 saturated carbocycles. The molecular weight excluding hydrogens is 216 g/mol. The number of rotatable bonds is 3. The number of aryl methyl sites for hydroxylation is 2. The van der Waals surface area contributed by atoms with Crippen molar-refractivity contribution in [2.24, 2.45) is 0 Å². The number of ether oxygens (including phenoxy) is 1. The average Bonchev–Trinajstić information content (AvgIpc) is 2.65. The van der Waals surface area contributed by atoms with Crippen molar-refractivity contribution in [2.45, 2.75) is 13.8 Å². The van der Waals surface area contributed by atoms with Crippen LogP contribution in [0.5, 0.6) is 5.88 Å². The van der Waals surface area contributed by atoms with Gasteiger partial charge < -0.3 is 4.74 Å². The van der Waals surface area contributed by atoms with Crippen LogP contribution in [-0.4, -0.2) is 23.2 Å². The molecule has 1 heterocycles. The molecule has 0 spiro atoms. The highest BCUT2D eigenvalue weighted by atomic mass is 16.5. The predicted octanol–water partition coefficient (Wildman–Crippen LogP) is 2.31. The van der Waals surface area contributed by atoms with Crippen molar-refractivity contribution in [3.8, 4) is 11.6 Å². The van der Waals surface area contributed by atoms with Crippen molar-refractivity contribution < 1.29 is 9.53 Å². The number of benzene rings is 1. The maximum Gasteiger partial charge on any atom is 0.227 e. The van der Waals surface area contributed by atoms with Crippen LogP contribution in [0.4, 0.5) is 0 Å². The van der Waals surface area contributed by atoms with Gasteiger partial charge in [-0.15, -0.1) is 0 Å². The zero-order valence-electron chi connectivity index (χ0n) is 10.1. The molecule has 1 aromatic heterocycles. The topological polar surface area (TPSA) is 44.1 Å². The molecule has 88 valence electrons. The Bertz CT molecular complexity index is 559. The van der Waals surface area contributed by atoms with E-state index in [1.165, 1.54) is 7.11 Å². The molecule has 0 fully saturated rings. The second kappa shape index (κ2) is 4.41. The van der Waals surface area contributed by atoms with Crippen molar-refractivity contribution in [1.82, 2.24) is 9.78 Å². The third-order valence-electron chi connectivity index (χ3n) is 2.62. The summed E-state index contributed by atoms with van der Waals surface area (Å²) in [7, 11) is 1.54. The molecular formula is C13H14N2O2. The van der Waals surface area contributed by atoms with Gasteiger partial charge in [0.15, 0.2) is 6.29 Å². The highest BCUT2D eigenvalue weighted by molar-refractivity contribution is 5.80. The molecule has 0 atom stereocenters. The Morgan fingerprint density at radius 1 is 1.35 bits per heavy atom. The molecule has 0 radical (unpaired) electrons. The molecule has 0 unspecified atom stereocenters. The fourth-order valence-electron chi connectivity index (χ4n) is 1.78. The third kappa shape index (κ3) is 1.93. The number of aldehydes is 1. The standard InChI is InChI=1S/C13H14N2O2/c1-9-5-4-6-11(7-9)15-13(17-3)12(8-16)10(2)14-15/h4-8H,1-3H3. The molecule has 0 aliphatic carbocycles. The largest absolute Gasteiger partial charge is 0.480 e. The monoisotopic (exact) mass is 230 g/mol. The van der Waals surface area contributed by atoms with Gasteiger partial charge in [0.05, 0.1) is 24.1 Å². The van der Waals surface area contributed by atoms with Crippen LogP contribution < -0.4 is 4.74 Å². The first-order valence-corrected chi connectivity index (χ1v) is 5.33. The Kier molecular flexibility index (Phi) is 2.95. The summed E-state index contributed by atoms with van der Waals surface area (Å²) in [6.07, 6.45) is 0.771. The molecule has 0 N–H and O–H groups in total. The van der Waals surface area contributed by atoms with Gasteiger partial charge in [0.25, 0.3) is 0 Å². The van der Waals surface area contributed by atoms with E-state index in [0.29, 0.717) is 17.1 Å². The quantitative estimate of drug-likeness (QED) is 0.760. The van der Waals surface area contributed by atoms with Crippen LogP contribution in [0.3, 0.4) is 0 Å². The zero-order valence-corrected chi connectivity index (χ0v) is 10.1. The SMILES string of the molecule is COc1c(C=O)c(C)nn1-c1cccc(C)c1.